The largest absolute Gasteiger partial charge is 0.497 e. The molecule has 4 aliphatic rings. The number of halogens is 1. The van der Waals surface area contributed by atoms with Crippen molar-refractivity contribution in [2.45, 2.75) is 63.8 Å². The number of carbonyl (C=O) groups excluding carboxylic acids is 3. The van der Waals surface area contributed by atoms with E-state index < -0.39 is 41.3 Å². The summed E-state index contributed by atoms with van der Waals surface area (Å²) < 4.78 is 22.4. The summed E-state index contributed by atoms with van der Waals surface area (Å²) in [6.07, 6.45) is 8.48. The van der Waals surface area contributed by atoms with Gasteiger partial charge in [0.25, 0.3) is 0 Å². The Bertz CT molecular complexity index is 1150. The molecule has 4 rings (SSSR count). The van der Waals surface area contributed by atoms with Crippen molar-refractivity contribution in [3.8, 4) is 0 Å². The SMILES string of the molecule is C=C[C@@H]1C[C@]1(NC(=O)[C@@H]1C[C@@H](OC2=NC(Cl)=CC3C=C(OC)C=CC23)CN1C(=O)OC(C)(C)C)C(=O)OCC. The fourth-order valence-corrected chi connectivity index (χ4v) is 5.31. The minimum atomic E-state index is -1.19. The Kier molecular flexibility index (Phi) is 8.16. The lowest BCUT2D eigenvalue weighted by atomic mass is 9.86. The average molecular weight is 562 g/mol. The Labute approximate surface area is 233 Å². The van der Waals surface area contributed by atoms with Gasteiger partial charge in [0.2, 0.25) is 5.91 Å². The summed E-state index contributed by atoms with van der Waals surface area (Å²) in [4.78, 5) is 45.2. The van der Waals surface area contributed by atoms with Crippen molar-refractivity contribution >= 4 is 35.5 Å². The number of hydrogen-bond donors (Lipinski definition) is 1. The maximum atomic E-state index is 13.6. The maximum Gasteiger partial charge on any atom is 0.411 e. The number of nitrogens with zero attached hydrogens (tertiary/aromatic N) is 2. The number of carbonyl (C=O) groups is 3. The highest BCUT2D eigenvalue weighted by atomic mass is 35.5. The van der Waals surface area contributed by atoms with Gasteiger partial charge in [-0.15, -0.1) is 6.58 Å². The summed E-state index contributed by atoms with van der Waals surface area (Å²) in [6.45, 7) is 11.0. The van der Waals surface area contributed by atoms with E-state index >= 15 is 0 Å². The Morgan fingerprint density at radius 3 is 2.67 bits per heavy atom. The van der Waals surface area contributed by atoms with E-state index in [1.54, 1.807) is 40.9 Å². The highest BCUT2D eigenvalue weighted by Crippen LogP contribution is 2.46. The van der Waals surface area contributed by atoms with Crippen molar-refractivity contribution in [1.29, 1.82) is 0 Å². The molecule has 2 fully saturated rings. The van der Waals surface area contributed by atoms with Crippen LogP contribution in [0.25, 0.3) is 0 Å². The van der Waals surface area contributed by atoms with Gasteiger partial charge >= 0.3 is 12.1 Å². The first-order chi connectivity index (χ1) is 18.4. The van der Waals surface area contributed by atoms with Crippen LogP contribution in [0, 0.1) is 17.8 Å². The van der Waals surface area contributed by atoms with Crippen LogP contribution in [-0.4, -0.2) is 72.3 Å². The average Bonchev–Trinajstić information content (AvgIpc) is 3.41. The van der Waals surface area contributed by atoms with Crippen molar-refractivity contribution in [3.05, 3.63) is 47.9 Å². The molecule has 1 N–H and O–H groups in total. The molecule has 11 heteroatoms. The minimum Gasteiger partial charge on any atom is -0.497 e. The molecule has 0 aromatic rings. The van der Waals surface area contributed by atoms with E-state index in [1.807, 2.05) is 24.3 Å². The Morgan fingerprint density at radius 2 is 2.05 bits per heavy atom. The number of ether oxygens (including phenoxy) is 4. The molecule has 0 spiro atoms. The molecule has 0 radical (unpaired) electrons. The molecule has 0 aromatic carbocycles. The molecule has 2 aliphatic carbocycles. The van der Waals surface area contributed by atoms with Crippen molar-refractivity contribution in [3.63, 3.8) is 0 Å². The van der Waals surface area contributed by atoms with E-state index in [4.69, 9.17) is 30.5 Å². The van der Waals surface area contributed by atoms with Gasteiger partial charge in [-0.05, 0) is 52.3 Å². The summed E-state index contributed by atoms with van der Waals surface area (Å²) in [7, 11) is 1.59. The van der Waals surface area contributed by atoms with Crippen LogP contribution in [0.4, 0.5) is 4.79 Å². The molecule has 1 saturated heterocycles. The van der Waals surface area contributed by atoms with Gasteiger partial charge in [-0.1, -0.05) is 23.8 Å². The van der Waals surface area contributed by atoms with E-state index in [9.17, 15) is 14.4 Å². The summed E-state index contributed by atoms with van der Waals surface area (Å²) in [6, 6.07) is -0.935. The topological polar surface area (TPSA) is 116 Å². The fourth-order valence-electron chi connectivity index (χ4n) is 5.08. The Hall–Kier alpha value is -3.27. The number of amides is 2. The molecule has 0 aromatic heterocycles. The second-order valence-electron chi connectivity index (χ2n) is 11.0. The number of likely N-dealkylation sites (tertiary alicyclic amines) is 1. The van der Waals surface area contributed by atoms with Gasteiger partial charge in [-0.3, -0.25) is 9.69 Å². The maximum absolute atomic E-state index is 13.6. The number of aliphatic imine (C=N–C) groups is 1. The Balaban J connectivity index is 1.54. The third-order valence-electron chi connectivity index (χ3n) is 7.07. The summed E-state index contributed by atoms with van der Waals surface area (Å²) in [5.41, 5.74) is -1.96. The predicted octanol–water partition coefficient (Wildman–Crippen LogP) is 3.83. The molecular formula is C28H36ClN3O7. The van der Waals surface area contributed by atoms with Crippen LogP contribution in [0.2, 0.25) is 0 Å². The molecule has 2 amide bonds. The van der Waals surface area contributed by atoms with Gasteiger partial charge in [0.15, 0.2) is 5.90 Å². The molecule has 212 valence electrons. The molecular weight excluding hydrogens is 526 g/mol. The van der Waals surface area contributed by atoms with Gasteiger partial charge < -0.3 is 24.3 Å². The van der Waals surface area contributed by atoms with Crippen LogP contribution in [-0.2, 0) is 28.5 Å². The van der Waals surface area contributed by atoms with Gasteiger partial charge in [-0.2, -0.15) is 0 Å². The standard InChI is InChI=1S/C28H36ClN3O7/c1-7-17-14-28(17,25(34)37-8-2)31-23(33)21-13-19(15-32(21)26(35)39-27(3,4)5)38-24-20-10-9-18(36-6)11-16(20)12-22(29)30-24/h7,9-12,16-17,19-21H,1,8,13-15H2,2-6H3,(H,31,33)/t16?,17-,19-,20?,21+,28-/m1/s1. The fraction of sp³-hybridized carbons (Fsp3) is 0.571. The van der Waals surface area contributed by atoms with E-state index in [0.717, 1.165) is 0 Å². The van der Waals surface area contributed by atoms with Crippen molar-refractivity contribution in [2.24, 2.45) is 22.7 Å². The van der Waals surface area contributed by atoms with E-state index in [2.05, 4.69) is 16.9 Å². The minimum absolute atomic E-state index is 0.0882. The molecule has 10 nitrogen and oxygen atoms in total. The lowest BCUT2D eigenvalue weighted by molar-refractivity contribution is -0.149. The number of allylic oxidation sites excluding steroid dienone is 3. The lowest BCUT2D eigenvalue weighted by Crippen LogP contribution is -2.53. The zero-order chi connectivity index (χ0) is 28.5. The summed E-state index contributed by atoms with van der Waals surface area (Å²) in [5, 5.41) is 3.13. The molecule has 2 heterocycles. The number of esters is 1. The number of hydrogen-bond acceptors (Lipinski definition) is 8. The number of fused-ring (bicyclic) bond motifs is 1. The third-order valence-corrected chi connectivity index (χ3v) is 7.28. The predicted molar refractivity (Wildman–Crippen MR) is 145 cm³/mol. The van der Waals surface area contributed by atoms with Crippen LogP contribution >= 0.6 is 11.6 Å². The van der Waals surface area contributed by atoms with Crippen molar-refractivity contribution in [2.75, 3.05) is 20.3 Å². The number of nitrogens with one attached hydrogen (secondary N) is 1. The monoisotopic (exact) mass is 561 g/mol. The first-order valence-electron chi connectivity index (χ1n) is 13.1. The quantitative estimate of drug-likeness (QED) is 0.285. The van der Waals surface area contributed by atoms with Gasteiger partial charge in [-0.25, -0.2) is 14.6 Å². The summed E-state index contributed by atoms with van der Waals surface area (Å²) in [5.74, 6) is -0.480. The zero-order valence-corrected chi connectivity index (χ0v) is 23.7. The van der Waals surface area contributed by atoms with Gasteiger partial charge in [0, 0.05) is 18.3 Å². The molecule has 6 atom stereocenters. The number of methoxy groups -OCH3 is 1. The van der Waals surface area contributed by atoms with E-state index in [-0.39, 0.29) is 42.5 Å². The summed E-state index contributed by atoms with van der Waals surface area (Å²) >= 11 is 6.30. The van der Waals surface area contributed by atoms with E-state index in [1.165, 1.54) is 4.90 Å². The molecule has 2 unspecified atom stereocenters. The van der Waals surface area contributed by atoms with Gasteiger partial charge in [0.1, 0.15) is 34.2 Å². The van der Waals surface area contributed by atoms with Crippen LogP contribution in [0.3, 0.4) is 0 Å². The van der Waals surface area contributed by atoms with Crippen molar-refractivity contribution in [1.82, 2.24) is 10.2 Å². The Morgan fingerprint density at radius 1 is 1.31 bits per heavy atom. The van der Waals surface area contributed by atoms with Gasteiger partial charge in [0.05, 0.1) is 26.2 Å². The van der Waals surface area contributed by atoms with Crippen LogP contribution < -0.4 is 5.32 Å². The third kappa shape index (κ3) is 6.16. The van der Waals surface area contributed by atoms with Crippen LogP contribution in [0.1, 0.15) is 40.5 Å². The first-order valence-corrected chi connectivity index (χ1v) is 13.5. The molecule has 39 heavy (non-hydrogen) atoms. The highest BCUT2D eigenvalue weighted by Gasteiger charge is 2.62. The van der Waals surface area contributed by atoms with E-state index in [0.29, 0.717) is 18.1 Å². The molecule has 2 aliphatic heterocycles. The second kappa shape index (κ2) is 11.1. The highest BCUT2D eigenvalue weighted by molar-refractivity contribution is 6.30. The normalized spacial score (nSPS) is 31.2. The second-order valence-corrected chi connectivity index (χ2v) is 11.4. The molecule has 0 bridgehead atoms. The van der Waals surface area contributed by atoms with Crippen LogP contribution in [0.5, 0.6) is 0 Å². The molecule has 1 saturated carbocycles. The smallest absolute Gasteiger partial charge is 0.411 e. The first kappa shape index (κ1) is 28.7. The lowest BCUT2D eigenvalue weighted by Gasteiger charge is -2.29. The van der Waals surface area contributed by atoms with Crippen molar-refractivity contribution < 1.29 is 33.3 Å². The van der Waals surface area contributed by atoms with Crippen LogP contribution in [0.15, 0.2) is 52.9 Å². The zero-order valence-electron chi connectivity index (χ0n) is 22.9. The number of rotatable bonds is 7.